The summed E-state index contributed by atoms with van der Waals surface area (Å²) in [5, 5.41) is 0. The third kappa shape index (κ3) is 7.67. The topological polar surface area (TPSA) is 0 Å². The Bertz CT molecular complexity index is 58.8. The maximum atomic E-state index is 5.46. The molecule has 0 aromatic carbocycles. The molecule has 0 saturated carbocycles. The van der Waals surface area contributed by atoms with Crippen molar-refractivity contribution in [3.63, 3.8) is 0 Å². The fourth-order valence-corrected chi connectivity index (χ4v) is 1.29. The fourth-order valence-electron chi connectivity index (χ4n) is 0.303. The molecule has 4 heteroatoms. The molecule has 8 heavy (non-hydrogen) atoms. The van der Waals surface area contributed by atoms with Crippen molar-refractivity contribution in [1.82, 2.24) is 0 Å². The van der Waals surface area contributed by atoms with Crippen LogP contribution in [0.4, 0.5) is 0 Å². The molecule has 0 aliphatic rings. The Balaban J connectivity index is 3.11. The van der Waals surface area contributed by atoms with Gasteiger partial charge in [-0.25, -0.2) is 0 Å². The second-order valence-corrected chi connectivity index (χ2v) is 5.67. The summed E-state index contributed by atoms with van der Waals surface area (Å²) in [5.74, 6) is 0. The second-order valence-electron chi connectivity index (χ2n) is 1.51. The van der Waals surface area contributed by atoms with Gasteiger partial charge in [0.05, 0.1) is 0 Å². The summed E-state index contributed by atoms with van der Waals surface area (Å²) in [5.41, 5.74) is 0. The average Bonchev–Trinajstić information content (AvgIpc) is 1.59. The first-order valence-electron chi connectivity index (χ1n) is 2.33. The second kappa shape index (κ2) is 4.48. The zero-order chi connectivity index (χ0) is 6.62. The van der Waals surface area contributed by atoms with Crippen LogP contribution in [-0.2, 0) is 0 Å². The summed E-state index contributed by atoms with van der Waals surface area (Å²) in [4.78, 5) is 0. The van der Waals surface area contributed by atoms with Crippen LogP contribution in [0.2, 0.25) is 4.44 Å². The van der Waals surface area contributed by atoms with E-state index in [9.17, 15) is 0 Å². The van der Waals surface area contributed by atoms with E-state index in [-0.39, 0.29) is 0 Å². The molecular weight excluding hydrogens is 273 g/mol. The van der Waals surface area contributed by atoms with Crippen molar-refractivity contribution in [2.75, 3.05) is 0 Å². The molecule has 0 aromatic rings. The third-order valence-corrected chi connectivity index (χ3v) is 2.40. The predicted octanol–water partition coefficient (Wildman–Crippen LogP) is 2.46. The number of halogens is 3. The van der Waals surface area contributed by atoms with Gasteiger partial charge in [0.25, 0.3) is 0 Å². The molecule has 0 N–H and O–H groups in total. The summed E-state index contributed by atoms with van der Waals surface area (Å²) < 4.78 is 0.196. The van der Waals surface area contributed by atoms with Gasteiger partial charge in [-0.05, 0) is 0 Å². The fraction of sp³-hybridized carbons (Fsp3) is 1.00. The normalized spacial score (nSPS) is 12.0. The van der Waals surface area contributed by atoms with Crippen LogP contribution < -0.4 is 0 Å². The minimum absolute atomic E-state index is 0.693. The molecule has 0 amide bonds. The Labute approximate surface area is 78.0 Å². The van der Waals surface area contributed by atoms with E-state index in [2.05, 4.69) is 0 Å². The van der Waals surface area contributed by atoms with Gasteiger partial charge in [-0.3, -0.25) is 0 Å². The molecule has 0 rings (SSSR count). The molecule has 0 fully saturated rings. The standard InChI is InChI=1S/C4H6Cl3.Sn.H/c1-2-3-4(5,6)7;;/h1-3H2;;. The molecule has 0 unspecified atom stereocenters. The van der Waals surface area contributed by atoms with Gasteiger partial charge in [0.2, 0.25) is 0 Å². The third-order valence-electron chi connectivity index (χ3n) is 0.664. The summed E-state index contributed by atoms with van der Waals surface area (Å²) in [7, 11) is 0. The van der Waals surface area contributed by atoms with Crippen LogP contribution in [0, 0.1) is 0 Å². The molecule has 0 saturated heterocycles. The molecule has 0 aliphatic carbocycles. The molecule has 0 heterocycles. The summed E-state index contributed by atoms with van der Waals surface area (Å²) >= 11 is 17.6. The monoisotopic (exact) mass is 280 g/mol. The van der Waals surface area contributed by atoms with Gasteiger partial charge < -0.3 is 0 Å². The first-order valence-corrected chi connectivity index (χ1v) is 5.79. The van der Waals surface area contributed by atoms with E-state index in [1.54, 1.807) is 0 Å². The summed E-state index contributed by atoms with van der Waals surface area (Å²) in [6.07, 6.45) is 1.73. The van der Waals surface area contributed by atoms with Crippen LogP contribution in [0.1, 0.15) is 12.8 Å². The Morgan fingerprint density at radius 1 is 1.25 bits per heavy atom. The van der Waals surface area contributed by atoms with E-state index < -0.39 is 3.79 Å². The Morgan fingerprint density at radius 2 is 1.75 bits per heavy atom. The van der Waals surface area contributed by atoms with Gasteiger partial charge in [-0.15, -0.1) is 0 Å². The zero-order valence-corrected chi connectivity index (χ0v) is 9.90. The number of rotatable bonds is 2. The van der Waals surface area contributed by atoms with Gasteiger partial charge in [0, 0.05) is 0 Å². The van der Waals surface area contributed by atoms with Gasteiger partial charge >= 0.3 is 78.4 Å². The first-order chi connectivity index (χ1) is 3.56. The van der Waals surface area contributed by atoms with Crippen molar-refractivity contribution in [3.05, 3.63) is 0 Å². The molecule has 0 bridgehead atoms. The van der Waals surface area contributed by atoms with Crippen LogP contribution >= 0.6 is 34.8 Å². The van der Waals surface area contributed by atoms with Gasteiger partial charge in [-0.1, -0.05) is 0 Å². The quantitative estimate of drug-likeness (QED) is 0.538. The van der Waals surface area contributed by atoms with Crippen LogP contribution in [0.3, 0.4) is 0 Å². The van der Waals surface area contributed by atoms with E-state index in [0.29, 0.717) is 6.42 Å². The van der Waals surface area contributed by atoms with Crippen molar-refractivity contribution < 1.29 is 0 Å². The first kappa shape index (κ1) is 9.67. The van der Waals surface area contributed by atoms with Crippen molar-refractivity contribution >= 4 is 57.3 Å². The number of hydrogen-bond acceptors (Lipinski definition) is 0. The molecule has 2 radical (unpaired) electrons. The number of alkyl halides is 3. The Hall–Kier alpha value is 1.67. The summed E-state index contributed by atoms with van der Waals surface area (Å²) in [6, 6.07) is 0. The average molecular weight is 280 g/mol. The maximum absolute atomic E-state index is 5.46. The summed E-state index contributed by atoms with van der Waals surface area (Å²) in [6.45, 7) is 0. The zero-order valence-electron chi connectivity index (χ0n) is 4.33. The Kier molecular flexibility index (Phi) is 5.41. The number of hydrogen-bond donors (Lipinski definition) is 0. The van der Waals surface area contributed by atoms with E-state index >= 15 is 0 Å². The SMILES string of the molecule is ClC(Cl)(Cl)CC[CH2][SnH]. The van der Waals surface area contributed by atoms with Crippen LogP contribution in [0.15, 0.2) is 0 Å². The van der Waals surface area contributed by atoms with Crippen molar-refractivity contribution in [1.29, 1.82) is 0 Å². The van der Waals surface area contributed by atoms with Crippen LogP contribution in [0.25, 0.3) is 0 Å². The van der Waals surface area contributed by atoms with E-state index in [1.165, 1.54) is 27.0 Å². The van der Waals surface area contributed by atoms with E-state index in [1.807, 2.05) is 0 Å². The Morgan fingerprint density at radius 3 is 1.88 bits per heavy atom. The van der Waals surface area contributed by atoms with Crippen molar-refractivity contribution in [2.24, 2.45) is 0 Å². The van der Waals surface area contributed by atoms with E-state index in [4.69, 9.17) is 34.8 Å². The van der Waals surface area contributed by atoms with Gasteiger partial charge in [-0.2, -0.15) is 0 Å². The van der Waals surface area contributed by atoms with E-state index in [0.717, 1.165) is 6.42 Å². The molecular formula is C4H7Cl3Sn. The van der Waals surface area contributed by atoms with Crippen LogP contribution in [-0.4, -0.2) is 26.3 Å². The van der Waals surface area contributed by atoms with Gasteiger partial charge in [0.15, 0.2) is 0 Å². The molecule has 0 aromatic heterocycles. The molecule has 0 atom stereocenters. The minimum atomic E-state index is -1.01. The van der Waals surface area contributed by atoms with Crippen molar-refractivity contribution in [3.8, 4) is 0 Å². The van der Waals surface area contributed by atoms with Gasteiger partial charge in [0.1, 0.15) is 0 Å². The van der Waals surface area contributed by atoms with Crippen molar-refractivity contribution in [2.45, 2.75) is 21.1 Å². The molecule has 0 nitrogen and oxygen atoms in total. The molecule has 48 valence electrons. The molecule has 0 aliphatic heterocycles. The molecule has 0 spiro atoms. The predicted molar refractivity (Wildman–Crippen MR) is 41.5 cm³/mol. The van der Waals surface area contributed by atoms with Crippen LogP contribution in [0.5, 0.6) is 0 Å².